The van der Waals surface area contributed by atoms with Crippen LogP contribution in [0.3, 0.4) is 0 Å². The Hall–Kier alpha value is -1.49. The second-order valence-electron chi connectivity index (χ2n) is 3.82. The second kappa shape index (κ2) is 7.06. The van der Waals surface area contributed by atoms with Crippen LogP contribution in [0.5, 0.6) is 0 Å². The molecule has 0 fully saturated rings. The van der Waals surface area contributed by atoms with E-state index in [1.54, 1.807) is 6.92 Å². The van der Waals surface area contributed by atoms with Crippen molar-refractivity contribution >= 4 is 28.6 Å². The fourth-order valence-corrected chi connectivity index (χ4v) is 1.85. The lowest BCUT2D eigenvalue weighted by Crippen LogP contribution is -2.10. The van der Waals surface area contributed by atoms with Crippen molar-refractivity contribution in [3.05, 3.63) is 29.3 Å². The molecule has 0 aliphatic rings. The number of thioether (sulfide) groups is 1. The Labute approximate surface area is 112 Å². The summed E-state index contributed by atoms with van der Waals surface area (Å²) >= 11 is 1.22. The highest BCUT2D eigenvalue weighted by molar-refractivity contribution is 8.13. The zero-order valence-electron chi connectivity index (χ0n) is 10.9. The maximum absolute atomic E-state index is 10.9. The minimum atomic E-state index is -0.234. The highest BCUT2D eigenvalue weighted by Gasteiger charge is 2.03. The fourth-order valence-electron chi connectivity index (χ4n) is 1.38. The van der Waals surface area contributed by atoms with Crippen LogP contribution in [0.1, 0.15) is 24.5 Å². The van der Waals surface area contributed by atoms with Gasteiger partial charge in [0.25, 0.3) is 0 Å². The van der Waals surface area contributed by atoms with Gasteiger partial charge in [-0.05, 0) is 36.7 Å². The van der Waals surface area contributed by atoms with E-state index in [-0.39, 0.29) is 11.9 Å². The monoisotopic (exact) mass is 266 g/mol. The summed E-state index contributed by atoms with van der Waals surface area (Å²) in [5.74, 6) is -0.0326. The number of hydrogen-bond acceptors (Lipinski definition) is 4. The third-order valence-electron chi connectivity index (χ3n) is 2.38. The summed E-state index contributed by atoms with van der Waals surface area (Å²) in [5, 5.41) is 0.399. The molecule has 0 atom stereocenters. The molecule has 18 heavy (non-hydrogen) atoms. The number of benzene rings is 1. The van der Waals surface area contributed by atoms with Gasteiger partial charge in [0, 0.05) is 6.42 Å². The Morgan fingerprint density at radius 1 is 1.39 bits per heavy atom. The van der Waals surface area contributed by atoms with Gasteiger partial charge in [-0.1, -0.05) is 25.1 Å². The van der Waals surface area contributed by atoms with Crippen LogP contribution in [0.25, 0.3) is 0 Å². The van der Waals surface area contributed by atoms with Crippen molar-refractivity contribution in [1.29, 1.82) is 0 Å². The average molecular weight is 266 g/mol. The summed E-state index contributed by atoms with van der Waals surface area (Å²) in [6, 6.07) is 5.96. The van der Waals surface area contributed by atoms with Crippen LogP contribution in [0.2, 0.25) is 0 Å². The number of amidine groups is 1. The molecule has 0 aliphatic carbocycles. The molecule has 0 saturated carbocycles. The van der Waals surface area contributed by atoms with Gasteiger partial charge < -0.3 is 10.5 Å². The molecule has 0 unspecified atom stereocenters. The third kappa shape index (κ3) is 4.41. The number of esters is 1. The fraction of sp³-hybridized carbons (Fsp3) is 0.385. The largest absolute Gasteiger partial charge is 0.454 e. The zero-order valence-corrected chi connectivity index (χ0v) is 11.7. The van der Waals surface area contributed by atoms with Crippen molar-refractivity contribution in [2.24, 2.45) is 10.7 Å². The van der Waals surface area contributed by atoms with Gasteiger partial charge in [-0.3, -0.25) is 4.79 Å². The Kier molecular flexibility index (Phi) is 5.71. The van der Waals surface area contributed by atoms with Gasteiger partial charge in [-0.2, -0.15) is 0 Å². The molecule has 0 bridgehead atoms. The van der Waals surface area contributed by atoms with E-state index in [2.05, 4.69) is 4.99 Å². The standard InChI is InChI=1S/C13H18N2O2S/c1-4-11(16)17-8-18-13(14)15-12-9(2)6-5-7-10(12)3/h5-7H,4,8H2,1-3H3,(H2,14,15). The van der Waals surface area contributed by atoms with Crippen LogP contribution in [0.15, 0.2) is 23.2 Å². The Morgan fingerprint density at radius 2 is 2.00 bits per heavy atom. The van der Waals surface area contributed by atoms with Gasteiger partial charge in [-0.25, -0.2) is 4.99 Å². The van der Waals surface area contributed by atoms with Crippen LogP contribution in [-0.2, 0) is 9.53 Å². The SMILES string of the molecule is CCC(=O)OCSC(N)=Nc1c(C)cccc1C. The van der Waals surface area contributed by atoms with Gasteiger partial charge in [0.15, 0.2) is 5.17 Å². The number of nitrogens with zero attached hydrogens (tertiary/aromatic N) is 1. The predicted molar refractivity (Wildman–Crippen MR) is 76.0 cm³/mol. The van der Waals surface area contributed by atoms with Crippen molar-refractivity contribution in [2.75, 3.05) is 5.94 Å². The van der Waals surface area contributed by atoms with Gasteiger partial charge in [0.05, 0.1) is 5.69 Å². The van der Waals surface area contributed by atoms with E-state index in [1.165, 1.54) is 11.8 Å². The first-order chi connectivity index (χ1) is 8.54. The lowest BCUT2D eigenvalue weighted by atomic mass is 10.1. The number of rotatable bonds is 4. The smallest absolute Gasteiger partial charge is 0.306 e. The molecule has 2 N–H and O–H groups in total. The molecule has 0 spiro atoms. The molecule has 0 aliphatic heterocycles. The molecule has 1 aromatic rings. The molecule has 1 rings (SSSR count). The first-order valence-electron chi connectivity index (χ1n) is 5.73. The lowest BCUT2D eigenvalue weighted by molar-refractivity contribution is -0.140. The van der Waals surface area contributed by atoms with Crippen LogP contribution < -0.4 is 5.73 Å². The van der Waals surface area contributed by atoms with Crippen molar-refractivity contribution in [1.82, 2.24) is 0 Å². The minimum absolute atomic E-state index is 0.201. The zero-order chi connectivity index (χ0) is 13.5. The molecular formula is C13H18N2O2S. The first kappa shape index (κ1) is 14.6. The minimum Gasteiger partial charge on any atom is -0.454 e. The van der Waals surface area contributed by atoms with Crippen molar-refractivity contribution in [3.8, 4) is 0 Å². The maximum Gasteiger partial charge on any atom is 0.306 e. The average Bonchev–Trinajstić information content (AvgIpc) is 2.34. The van der Waals surface area contributed by atoms with E-state index in [9.17, 15) is 4.79 Å². The number of ether oxygens (including phenoxy) is 1. The normalized spacial score (nSPS) is 11.4. The number of hydrogen-bond donors (Lipinski definition) is 1. The van der Waals surface area contributed by atoms with E-state index >= 15 is 0 Å². The predicted octanol–water partition coefficient (Wildman–Crippen LogP) is 2.89. The van der Waals surface area contributed by atoms with E-state index in [0.29, 0.717) is 11.6 Å². The van der Waals surface area contributed by atoms with Crippen molar-refractivity contribution in [2.45, 2.75) is 27.2 Å². The molecule has 98 valence electrons. The summed E-state index contributed by atoms with van der Waals surface area (Å²) in [6.45, 7) is 5.73. The molecular weight excluding hydrogens is 248 g/mol. The van der Waals surface area contributed by atoms with Crippen LogP contribution >= 0.6 is 11.8 Å². The van der Waals surface area contributed by atoms with E-state index < -0.39 is 0 Å². The van der Waals surface area contributed by atoms with E-state index in [4.69, 9.17) is 10.5 Å². The summed E-state index contributed by atoms with van der Waals surface area (Å²) < 4.78 is 4.92. The highest BCUT2D eigenvalue weighted by Crippen LogP contribution is 2.23. The summed E-state index contributed by atoms with van der Waals surface area (Å²) in [5.41, 5.74) is 8.82. The Bertz CT molecular complexity index is 438. The maximum atomic E-state index is 10.9. The molecule has 0 aromatic heterocycles. The topological polar surface area (TPSA) is 64.7 Å². The number of carbonyl (C=O) groups excluding carboxylic acids is 1. The molecule has 0 amide bonds. The second-order valence-corrected chi connectivity index (χ2v) is 4.77. The molecule has 0 radical (unpaired) electrons. The number of aliphatic imine (C=N–C) groups is 1. The van der Waals surface area contributed by atoms with Crippen LogP contribution in [0.4, 0.5) is 5.69 Å². The first-order valence-corrected chi connectivity index (χ1v) is 6.72. The summed E-state index contributed by atoms with van der Waals surface area (Å²) in [7, 11) is 0. The quantitative estimate of drug-likeness (QED) is 0.394. The van der Waals surface area contributed by atoms with Crippen molar-refractivity contribution in [3.63, 3.8) is 0 Å². The van der Waals surface area contributed by atoms with Crippen LogP contribution in [-0.4, -0.2) is 17.1 Å². The number of carbonyl (C=O) groups is 1. The molecule has 0 heterocycles. The Morgan fingerprint density at radius 3 is 2.56 bits per heavy atom. The highest BCUT2D eigenvalue weighted by atomic mass is 32.2. The molecule has 4 nitrogen and oxygen atoms in total. The van der Waals surface area contributed by atoms with Gasteiger partial charge >= 0.3 is 5.97 Å². The van der Waals surface area contributed by atoms with E-state index in [1.807, 2.05) is 32.0 Å². The molecule has 5 heteroatoms. The van der Waals surface area contributed by atoms with Gasteiger partial charge in [0.1, 0.15) is 5.94 Å². The Balaban J connectivity index is 2.63. The van der Waals surface area contributed by atoms with Gasteiger partial charge in [-0.15, -0.1) is 0 Å². The number of nitrogens with two attached hydrogens (primary N) is 1. The number of para-hydroxylation sites is 1. The van der Waals surface area contributed by atoms with E-state index in [0.717, 1.165) is 16.8 Å². The molecule has 0 saturated heterocycles. The summed E-state index contributed by atoms with van der Waals surface area (Å²) in [6.07, 6.45) is 0.370. The third-order valence-corrected chi connectivity index (χ3v) is 3.00. The van der Waals surface area contributed by atoms with Crippen LogP contribution in [0, 0.1) is 13.8 Å². The van der Waals surface area contributed by atoms with Crippen molar-refractivity contribution < 1.29 is 9.53 Å². The number of aryl methyl sites for hydroxylation is 2. The van der Waals surface area contributed by atoms with Gasteiger partial charge in [0.2, 0.25) is 0 Å². The summed E-state index contributed by atoms with van der Waals surface area (Å²) in [4.78, 5) is 15.3. The lowest BCUT2D eigenvalue weighted by Gasteiger charge is -2.06. The molecule has 1 aromatic carbocycles.